The molecule has 0 radical (unpaired) electrons. The first-order valence-corrected chi connectivity index (χ1v) is 9.05. The number of para-hydroxylation sites is 2. The van der Waals surface area contributed by atoms with Crippen molar-refractivity contribution >= 4 is 17.5 Å². The standard InChI is InChI=1S/C22H27N3/c1-21(2,3)18-12-11-14-16(23-18)13-19(22(4,5)6)25-17-10-8-7-9-15(17)24-20(14)25/h7-13,20,24H,1-6H3. The lowest BCUT2D eigenvalue weighted by Crippen LogP contribution is -2.36. The van der Waals surface area contributed by atoms with Crippen LogP contribution in [0.3, 0.4) is 0 Å². The molecule has 0 fully saturated rings. The highest BCUT2D eigenvalue weighted by Gasteiger charge is 2.40. The van der Waals surface area contributed by atoms with Crippen molar-refractivity contribution in [3.63, 3.8) is 0 Å². The highest BCUT2D eigenvalue weighted by atomic mass is 15.3. The Hall–Kier alpha value is -2.29. The number of rotatable bonds is 0. The van der Waals surface area contributed by atoms with Crippen LogP contribution in [0, 0.1) is 5.41 Å². The second-order valence-corrected chi connectivity index (χ2v) is 9.13. The number of benzene rings is 1. The van der Waals surface area contributed by atoms with E-state index < -0.39 is 0 Å². The Labute approximate surface area is 150 Å². The van der Waals surface area contributed by atoms with Crippen molar-refractivity contribution in [2.45, 2.75) is 53.1 Å². The molecule has 4 rings (SSSR count). The quantitative estimate of drug-likeness (QED) is 0.669. The summed E-state index contributed by atoms with van der Waals surface area (Å²) in [4.78, 5) is 7.47. The first kappa shape index (κ1) is 16.2. The summed E-state index contributed by atoms with van der Waals surface area (Å²) in [6.07, 6.45) is 2.40. The molecule has 3 heteroatoms. The Kier molecular flexibility index (Phi) is 3.31. The summed E-state index contributed by atoms with van der Waals surface area (Å²) < 4.78 is 0. The van der Waals surface area contributed by atoms with E-state index in [0.717, 1.165) is 11.4 Å². The fourth-order valence-corrected chi connectivity index (χ4v) is 3.67. The Balaban J connectivity index is 1.92. The number of hydrogen-bond donors (Lipinski definition) is 1. The normalized spacial score (nSPS) is 18.9. The number of aromatic nitrogens is 1. The molecule has 1 unspecified atom stereocenters. The molecule has 0 saturated heterocycles. The lowest BCUT2D eigenvalue weighted by molar-refractivity contribution is 0.474. The third-order valence-corrected chi connectivity index (χ3v) is 5.04. The van der Waals surface area contributed by atoms with Gasteiger partial charge in [0.05, 0.1) is 17.1 Å². The maximum absolute atomic E-state index is 5.03. The average Bonchev–Trinajstić information content (AvgIpc) is 2.91. The van der Waals surface area contributed by atoms with E-state index in [4.69, 9.17) is 4.98 Å². The van der Waals surface area contributed by atoms with Crippen LogP contribution in [0.2, 0.25) is 0 Å². The minimum Gasteiger partial charge on any atom is -0.359 e. The summed E-state index contributed by atoms with van der Waals surface area (Å²) in [5, 5.41) is 3.70. The number of pyridine rings is 1. The van der Waals surface area contributed by atoms with Gasteiger partial charge in [-0.25, -0.2) is 0 Å². The zero-order valence-electron chi connectivity index (χ0n) is 16.0. The topological polar surface area (TPSA) is 28.2 Å². The van der Waals surface area contributed by atoms with Crippen molar-refractivity contribution in [1.29, 1.82) is 0 Å². The molecular formula is C22H27N3. The van der Waals surface area contributed by atoms with Gasteiger partial charge in [0.25, 0.3) is 0 Å². The van der Waals surface area contributed by atoms with Crippen molar-refractivity contribution < 1.29 is 0 Å². The SMILES string of the molecule is CC(C)(C)C1=Cc2nc(C(C)(C)C)ccc2C2Nc3ccccc3N12. The lowest BCUT2D eigenvalue weighted by Gasteiger charge is -2.40. The molecule has 2 aliphatic heterocycles. The van der Waals surface area contributed by atoms with Crippen molar-refractivity contribution in [3.8, 4) is 0 Å². The number of allylic oxidation sites excluding steroid dienone is 1. The van der Waals surface area contributed by atoms with Gasteiger partial charge in [0.2, 0.25) is 0 Å². The molecule has 1 aromatic carbocycles. The molecule has 1 aromatic heterocycles. The lowest BCUT2D eigenvalue weighted by atomic mass is 9.85. The van der Waals surface area contributed by atoms with E-state index in [1.165, 1.54) is 22.6 Å². The Morgan fingerprint density at radius 2 is 1.64 bits per heavy atom. The summed E-state index contributed by atoms with van der Waals surface area (Å²) in [7, 11) is 0. The maximum Gasteiger partial charge on any atom is 0.132 e. The molecule has 0 bridgehead atoms. The monoisotopic (exact) mass is 333 g/mol. The van der Waals surface area contributed by atoms with Gasteiger partial charge in [0.15, 0.2) is 0 Å². The highest BCUT2D eigenvalue weighted by Crippen LogP contribution is 2.50. The van der Waals surface area contributed by atoms with Crippen molar-refractivity contribution in [2.24, 2.45) is 5.41 Å². The smallest absolute Gasteiger partial charge is 0.132 e. The van der Waals surface area contributed by atoms with E-state index in [2.05, 4.69) is 94.2 Å². The summed E-state index contributed by atoms with van der Waals surface area (Å²) in [6.45, 7) is 13.5. The zero-order valence-corrected chi connectivity index (χ0v) is 16.0. The second kappa shape index (κ2) is 5.10. The minimum atomic E-state index is 0.0362. The van der Waals surface area contributed by atoms with Crippen LogP contribution in [0.5, 0.6) is 0 Å². The van der Waals surface area contributed by atoms with Gasteiger partial charge in [-0.3, -0.25) is 4.98 Å². The van der Waals surface area contributed by atoms with Gasteiger partial charge in [-0.15, -0.1) is 0 Å². The van der Waals surface area contributed by atoms with Crippen LogP contribution in [0.4, 0.5) is 11.4 Å². The summed E-state index contributed by atoms with van der Waals surface area (Å²) in [5.41, 5.74) is 7.31. The van der Waals surface area contributed by atoms with Crippen LogP contribution in [0.15, 0.2) is 42.1 Å². The van der Waals surface area contributed by atoms with Crippen LogP contribution >= 0.6 is 0 Å². The van der Waals surface area contributed by atoms with Gasteiger partial charge < -0.3 is 10.2 Å². The predicted octanol–water partition coefficient (Wildman–Crippen LogP) is 5.71. The van der Waals surface area contributed by atoms with Crippen LogP contribution in [0.25, 0.3) is 6.08 Å². The highest BCUT2D eigenvalue weighted by molar-refractivity contribution is 5.83. The second-order valence-electron chi connectivity index (χ2n) is 9.13. The van der Waals surface area contributed by atoms with Crippen LogP contribution in [-0.4, -0.2) is 4.98 Å². The summed E-state index contributed by atoms with van der Waals surface area (Å²) in [5.74, 6) is 0. The largest absolute Gasteiger partial charge is 0.359 e. The van der Waals surface area contributed by atoms with E-state index in [1.807, 2.05) is 0 Å². The van der Waals surface area contributed by atoms with Crippen LogP contribution in [0.1, 0.15) is 64.7 Å². The third kappa shape index (κ3) is 2.53. The molecule has 1 atom stereocenters. The Morgan fingerprint density at radius 1 is 0.920 bits per heavy atom. The molecule has 3 nitrogen and oxygen atoms in total. The molecule has 130 valence electrons. The van der Waals surface area contributed by atoms with Gasteiger partial charge in [-0.1, -0.05) is 59.7 Å². The Bertz CT molecular complexity index is 866. The zero-order chi connectivity index (χ0) is 18.0. The average molecular weight is 333 g/mol. The van der Waals surface area contributed by atoms with E-state index >= 15 is 0 Å². The molecule has 0 saturated carbocycles. The molecule has 2 aromatic rings. The predicted molar refractivity (Wildman–Crippen MR) is 106 cm³/mol. The van der Waals surface area contributed by atoms with E-state index in [1.54, 1.807) is 0 Å². The van der Waals surface area contributed by atoms with Gasteiger partial charge in [-0.2, -0.15) is 0 Å². The van der Waals surface area contributed by atoms with Gasteiger partial charge >= 0.3 is 0 Å². The molecular weight excluding hydrogens is 306 g/mol. The number of hydrogen-bond acceptors (Lipinski definition) is 3. The molecule has 1 N–H and O–H groups in total. The first-order chi connectivity index (χ1) is 11.7. The van der Waals surface area contributed by atoms with Crippen molar-refractivity contribution in [3.05, 3.63) is 59.0 Å². The van der Waals surface area contributed by atoms with Crippen LogP contribution in [-0.2, 0) is 5.41 Å². The van der Waals surface area contributed by atoms with Gasteiger partial charge in [0.1, 0.15) is 6.17 Å². The van der Waals surface area contributed by atoms with Crippen molar-refractivity contribution in [2.75, 3.05) is 10.2 Å². The summed E-state index contributed by atoms with van der Waals surface area (Å²) in [6, 6.07) is 13.0. The Morgan fingerprint density at radius 3 is 2.32 bits per heavy atom. The molecule has 3 heterocycles. The van der Waals surface area contributed by atoms with E-state index in [9.17, 15) is 0 Å². The molecule has 2 aliphatic rings. The fourth-order valence-electron chi connectivity index (χ4n) is 3.67. The van der Waals surface area contributed by atoms with E-state index in [0.29, 0.717) is 0 Å². The van der Waals surface area contributed by atoms with E-state index in [-0.39, 0.29) is 17.0 Å². The number of nitrogens with one attached hydrogen (secondary N) is 1. The molecule has 0 amide bonds. The fraction of sp³-hybridized carbons (Fsp3) is 0.409. The van der Waals surface area contributed by atoms with Crippen molar-refractivity contribution in [1.82, 2.24) is 4.98 Å². The molecule has 25 heavy (non-hydrogen) atoms. The van der Waals surface area contributed by atoms with Gasteiger partial charge in [0, 0.05) is 27.8 Å². The third-order valence-electron chi connectivity index (χ3n) is 5.04. The molecule has 0 aliphatic carbocycles. The minimum absolute atomic E-state index is 0.0362. The number of anilines is 2. The first-order valence-electron chi connectivity index (χ1n) is 9.05. The van der Waals surface area contributed by atoms with Gasteiger partial charge in [-0.05, 0) is 24.3 Å². The summed E-state index contributed by atoms with van der Waals surface area (Å²) >= 11 is 0. The maximum atomic E-state index is 5.03. The molecule has 0 spiro atoms. The number of nitrogens with zero attached hydrogens (tertiary/aromatic N) is 2. The van der Waals surface area contributed by atoms with Crippen LogP contribution < -0.4 is 10.2 Å². The number of fused-ring (bicyclic) bond motifs is 5.